The van der Waals surface area contributed by atoms with Gasteiger partial charge in [-0.25, -0.2) is 0 Å². The molecule has 0 amide bonds. The fraction of sp³-hybridized carbons (Fsp3) is 0.476. The van der Waals surface area contributed by atoms with Gasteiger partial charge in [0.2, 0.25) is 0 Å². The number of aromatic nitrogens is 3. The van der Waals surface area contributed by atoms with E-state index in [0.717, 1.165) is 62.4 Å². The second-order valence-corrected chi connectivity index (χ2v) is 7.09. The summed E-state index contributed by atoms with van der Waals surface area (Å²) in [6.07, 6.45) is 8.62. The van der Waals surface area contributed by atoms with Gasteiger partial charge in [-0.3, -0.25) is 0 Å². The molecule has 0 spiro atoms. The molecule has 6 heteroatoms. The Balaban J connectivity index is 1.48. The predicted octanol–water partition coefficient (Wildman–Crippen LogP) is 3.63. The van der Waals surface area contributed by atoms with Crippen molar-refractivity contribution < 1.29 is 9.47 Å². The Labute approximate surface area is 159 Å². The summed E-state index contributed by atoms with van der Waals surface area (Å²) in [5.74, 6) is 2.48. The zero-order valence-corrected chi connectivity index (χ0v) is 15.4. The maximum absolute atomic E-state index is 9.65. The van der Waals surface area contributed by atoms with Crippen molar-refractivity contribution in [2.75, 3.05) is 13.2 Å². The molecule has 1 saturated heterocycles. The lowest BCUT2D eigenvalue weighted by Gasteiger charge is -2.11. The molecule has 2 aromatic rings. The number of rotatable bonds is 5. The van der Waals surface area contributed by atoms with Crippen molar-refractivity contribution in [2.24, 2.45) is 0 Å². The Hall–Kier alpha value is -2.65. The summed E-state index contributed by atoms with van der Waals surface area (Å²) in [5, 5.41) is 18.2. The van der Waals surface area contributed by atoms with Crippen molar-refractivity contribution in [1.82, 2.24) is 14.8 Å². The van der Waals surface area contributed by atoms with Gasteiger partial charge in [0.1, 0.15) is 24.3 Å². The SMILES string of the molecule is N#CC(=Cc1ccc(OCC2CCCO2)cc1)c1nnc2n1CCCCC2. The molecule has 6 nitrogen and oxygen atoms in total. The minimum Gasteiger partial charge on any atom is -0.491 e. The molecule has 1 fully saturated rings. The molecule has 2 aliphatic rings. The lowest BCUT2D eigenvalue weighted by atomic mass is 10.1. The third-order valence-corrected chi connectivity index (χ3v) is 5.12. The van der Waals surface area contributed by atoms with Crippen molar-refractivity contribution in [3.05, 3.63) is 41.5 Å². The van der Waals surface area contributed by atoms with Crippen LogP contribution in [0.1, 0.15) is 49.3 Å². The molecule has 0 N–H and O–H groups in total. The van der Waals surface area contributed by atoms with E-state index < -0.39 is 0 Å². The van der Waals surface area contributed by atoms with Crippen LogP contribution in [0.4, 0.5) is 0 Å². The molecule has 0 radical (unpaired) electrons. The number of hydrogen-bond acceptors (Lipinski definition) is 5. The Morgan fingerprint density at radius 2 is 2.11 bits per heavy atom. The van der Waals surface area contributed by atoms with Crippen LogP contribution >= 0.6 is 0 Å². The van der Waals surface area contributed by atoms with E-state index in [0.29, 0.717) is 18.0 Å². The minimum absolute atomic E-state index is 0.206. The van der Waals surface area contributed by atoms with Gasteiger partial charge >= 0.3 is 0 Å². The molecule has 1 unspecified atom stereocenters. The van der Waals surface area contributed by atoms with E-state index in [1.807, 2.05) is 30.3 Å². The van der Waals surface area contributed by atoms with E-state index in [2.05, 4.69) is 20.8 Å². The molecule has 27 heavy (non-hydrogen) atoms. The van der Waals surface area contributed by atoms with Crippen molar-refractivity contribution in [2.45, 2.75) is 51.2 Å². The molecule has 140 valence electrons. The summed E-state index contributed by atoms with van der Waals surface area (Å²) >= 11 is 0. The smallest absolute Gasteiger partial charge is 0.174 e. The van der Waals surface area contributed by atoms with Gasteiger partial charge in [0.25, 0.3) is 0 Å². The van der Waals surface area contributed by atoms with Crippen LogP contribution in [-0.4, -0.2) is 34.1 Å². The fourth-order valence-corrected chi connectivity index (χ4v) is 3.62. The first-order valence-electron chi connectivity index (χ1n) is 9.72. The Kier molecular flexibility index (Phi) is 5.50. The van der Waals surface area contributed by atoms with Crippen molar-refractivity contribution in [1.29, 1.82) is 5.26 Å². The fourth-order valence-electron chi connectivity index (χ4n) is 3.62. The van der Waals surface area contributed by atoms with Crippen LogP contribution in [-0.2, 0) is 17.7 Å². The van der Waals surface area contributed by atoms with Gasteiger partial charge in [-0.05, 0) is 49.5 Å². The predicted molar refractivity (Wildman–Crippen MR) is 102 cm³/mol. The summed E-state index contributed by atoms with van der Waals surface area (Å²) in [6.45, 7) is 2.30. The first-order valence-corrected chi connectivity index (χ1v) is 9.72. The minimum atomic E-state index is 0.206. The number of hydrogen-bond donors (Lipinski definition) is 0. The molecule has 1 atom stereocenters. The highest BCUT2D eigenvalue weighted by Crippen LogP contribution is 2.23. The Morgan fingerprint density at radius 3 is 2.89 bits per heavy atom. The topological polar surface area (TPSA) is 73.0 Å². The van der Waals surface area contributed by atoms with Crippen LogP contribution < -0.4 is 4.74 Å². The van der Waals surface area contributed by atoms with Crippen LogP contribution in [0.2, 0.25) is 0 Å². The number of nitriles is 1. The van der Waals surface area contributed by atoms with Gasteiger partial charge in [-0.2, -0.15) is 5.26 Å². The molecule has 0 saturated carbocycles. The van der Waals surface area contributed by atoms with Crippen molar-refractivity contribution >= 4 is 11.6 Å². The first kappa shape index (κ1) is 17.7. The van der Waals surface area contributed by atoms with E-state index in [-0.39, 0.29) is 6.10 Å². The van der Waals surface area contributed by atoms with Crippen LogP contribution in [0.5, 0.6) is 5.75 Å². The normalized spacial score (nSPS) is 20.0. The van der Waals surface area contributed by atoms with Gasteiger partial charge in [-0.1, -0.05) is 18.6 Å². The van der Waals surface area contributed by atoms with Crippen LogP contribution in [0.25, 0.3) is 11.6 Å². The van der Waals surface area contributed by atoms with E-state index in [4.69, 9.17) is 9.47 Å². The van der Waals surface area contributed by atoms with E-state index >= 15 is 0 Å². The zero-order chi connectivity index (χ0) is 18.5. The third kappa shape index (κ3) is 4.20. The summed E-state index contributed by atoms with van der Waals surface area (Å²) in [7, 11) is 0. The second kappa shape index (κ2) is 8.36. The Bertz CT molecular complexity index is 842. The van der Waals surface area contributed by atoms with Gasteiger partial charge in [0.05, 0.1) is 11.7 Å². The monoisotopic (exact) mass is 364 g/mol. The zero-order valence-electron chi connectivity index (χ0n) is 15.4. The molecule has 1 aromatic heterocycles. The molecular formula is C21H24N4O2. The molecule has 4 rings (SSSR count). The number of nitrogens with zero attached hydrogens (tertiary/aromatic N) is 4. The average Bonchev–Trinajstić information content (AvgIpc) is 3.30. The van der Waals surface area contributed by atoms with Crippen LogP contribution in [0.3, 0.4) is 0 Å². The Morgan fingerprint density at radius 1 is 1.22 bits per heavy atom. The third-order valence-electron chi connectivity index (χ3n) is 5.12. The highest BCUT2D eigenvalue weighted by atomic mass is 16.5. The lowest BCUT2D eigenvalue weighted by Crippen LogP contribution is -2.16. The standard InChI is InChI=1S/C21H24N4O2/c22-14-17(21-24-23-20-6-2-1-3-11-25(20)21)13-16-7-9-18(10-8-16)27-15-19-5-4-12-26-19/h7-10,13,19H,1-6,11-12,15H2. The number of aryl methyl sites for hydroxylation is 1. The van der Waals surface area contributed by atoms with E-state index in [9.17, 15) is 5.26 Å². The maximum atomic E-state index is 9.65. The molecule has 1 aromatic carbocycles. The summed E-state index contributed by atoms with van der Waals surface area (Å²) in [5.41, 5.74) is 1.49. The number of ether oxygens (including phenoxy) is 2. The van der Waals surface area contributed by atoms with Crippen LogP contribution in [0, 0.1) is 11.3 Å². The number of benzene rings is 1. The lowest BCUT2D eigenvalue weighted by molar-refractivity contribution is 0.0679. The quantitative estimate of drug-likeness (QED) is 0.758. The first-order chi connectivity index (χ1) is 13.3. The summed E-state index contributed by atoms with van der Waals surface area (Å²) in [4.78, 5) is 0. The molecule has 2 aliphatic heterocycles. The van der Waals surface area contributed by atoms with E-state index in [1.54, 1.807) is 0 Å². The van der Waals surface area contributed by atoms with Crippen molar-refractivity contribution in [3.63, 3.8) is 0 Å². The molecule has 0 aliphatic carbocycles. The highest BCUT2D eigenvalue weighted by molar-refractivity contribution is 5.87. The highest BCUT2D eigenvalue weighted by Gasteiger charge is 2.18. The van der Waals surface area contributed by atoms with Gasteiger partial charge in [0.15, 0.2) is 5.82 Å². The van der Waals surface area contributed by atoms with Gasteiger partial charge in [0, 0.05) is 19.6 Å². The van der Waals surface area contributed by atoms with Crippen LogP contribution in [0.15, 0.2) is 24.3 Å². The number of fused-ring (bicyclic) bond motifs is 1. The molecular weight excluding hydrogens is 340 g/mol. The maximum Gasteiger partial charge on any atom is 0.174 e. The summed E-state index contributed by atoms with van der Waals surface area (Å²) < 4.78 is 13.5. The largest absolute Gasteiger partial charge is 0.491 e. The van der Waals surface area contributed by atoms with Gasteiger partial charge < -0.3 is 14.0 Å². The average molecular weight is 364 g/mol. The molecule has 3 heterocycles. The van der Waals surface area contributed by atoms with Crippen molar-refractivity contribution in [3.8, 4) is 11.8 Å². The van der Waals surface area contributed by atoms with Gasteiger partial charge in [-0.15, -0.1) is 10.2 Å². The van der Waals surface area contributed by atoms with E-state index in [1.165, 1.54) is 6.42 Å². The number of allylic oxidation sites excluding steroid dienone is 1. The summed E-state index contributed by atoms with van der Waals surface area (Å²) in [6, 6.07) is 10.1. The second-order valence-electron chi connectivity index (χ2n) is 7.09. The molecule has 0 bridgehead atoms.